The Hall–Kier alpha value is -4.18. The average Bonchev–Trinajstić information content (AvgIpc) is 4.01. The SMILES string of the molecule is CCC(C)C(C(CC(=O)N1CCCC1C(OC)C(C)C(=O)NC(Cc1ccccc1)c1nccs1)OC)N(C)C(=O)CNC(=O)C(C(C)C)N(C)Cc1ncc[nH]1. The van der Waals surface area contributed by atoms with Crippen LogP contribution in [-0.4, -0.2) is 125 Å². The Morgan fingerprint density at radius 1 is 1.02 bits per heavy atom. The van der Waals surface area contributed by atoms with Gasteiger partial charge in [0.05, 0.1) is 61.8 Å². The highest BCUT2D eigenvalue weighted by atomic mass is 32.1. The molecule has 8 atom stereocenters. The molecule has 1 fully saturated rings. The standard InChI is InChI=1S/C42H64N8O6S/c1-10-28(4)38(49(7)36(52)25-46-41(54)37(27(2)3)48(6)26-34-43-18-19-44-34)33(55-8)24-35(51)50-21-14-17-32(50)39(56-9)29(5)40(53)47-31(42-45-20-22-57-42)23-30-15-12-11-13-16-30/h11-13,15-16,18-20,22,27-29,31-33,37-39H,10,14,17,21,23-26H2,1-9H3,(H,43,44)(H,46,54)(H,47,53). The van der Waals surface area contributed by atoms with Gasteiger partial charge in [0, 0.05) is 51.8 Å². The number of methoxy groups -OCH3 is 2. The van der Waals surface area contributed by atoms with Crippen molar-refractivity contribution < 1.29 is 28.7 Å². The summed E-state index contributed by atoms with van der Waals surface area (Å²) in [6, 6.07) is 8.46. The molecule has 15 heteroatoms. The molecule has 0 saturated carbocycles. The molecule has 3 N–H and O–H groups in total. The first kappa shape index (κ1) is 45.5. The minimum atomic E-state index is -0.611. The number of nitrogens with one attached hydrogen (secondary N) is 3. The molecule has 1 aromatic carbocycles. The molecule has 8 unspecified atom stereocenters. The highest BCUT2D eigenvalue weighted by Crippen LogP contribution is 2.30. The molecular weight excluding hydrogens is 745 g/mol. The smallest absolute Gasteiger partial charge is 0.242 e. The maximum absolute atomic E-state index is 14.2. The van der Waals surface area contributed by atoms with Gasteiger partial charge in [-0.15, -0.1) is 11.3 Å². The van der Waals surface area contributed by atoms with Crippen LogP contribution in [0.5, 0.6) is 0 Å². The highest BCUT2D eigenvalue weighted by Gasteiger charge is 2.42. The third-order valence-corrected chi connectivity index (χ3v) is 12.3. The fraction of sp³-hybridized carbons (Fsp3) is 0.619. The first-order valence-electron chi connectivity index (χ1n) is 20.1. The van der Waals surface area contributed by atoms with Gasteiger partial charge >= 0.3 is 0 Å². The van der Waals surface area contributed by atoms with Crippen LogP contribution in [-0.2, 0) is 41.6 Å². The molecule has 3 aromatic rings. The second kappa shape index (κ2) is 22.1. The molecule has 4 amide bonds. The molecule has 2 aromatic heterocycles. The Labute approximate surface area is 342 Å². The van der Waals surface area contributed by atoms with Crippen molar-refractivity contribution in [1.82, 2.24) is 40.3 Å². The summed E-state index contributed by atoms with van der Waals surface area (Å²) in [5.74, 6) is -0.647. The zero-order chi connectivity index (χ0) is 41.6. The molecule has 3 heterocycles. The molecule has 14 nitrogen and oxygen atoms in total. The number of aromatic amines is 1. The van der Waals surface area contributed by atoms with E-state index >= 15 is 0 Å². The fourth-order valence-electron chi connectivity index (χ4n) is 8.21. The van der Waals surface area contributed by atoms with Crippen molar-refractivity contribution in [3.05, 3.63) is 70.7 Å². The maximum Gasteiger partial charge on any atom is 0.242 e. The van der Waals surface area contributed by atoms with E-state index in [1.807, 2.05) is 87.2 Å². The number of rotatable bonds is 22. The van der Waals surface area contributed by atoms with E-state index in [1.165, 1.54) is 11.3 Å². The molecule has 1 saturated heterocycles. The number of hydrogen-bond acceptors (Lipinski definition) is 10. The number of amides is 4. The number of ether oxygens (including phenoxy) is 2. The third kappa shape index (κ3) is 12.2. The Morgan fingerprint density at radius 3 is 2.35 bits per heavy atom. The number of carbonyl (C=O) groups excluding carboxylic acids is 4. The Morgan fingerprint density at radius 2 is 1.75 bits per heavy atom. The fourth-order valence-corrected chi connectivity index (χ4v) is 8.90. The molecular formula is C42H64N8O6S. The van der Waals surface area contributed by atoms with Gasteiger partial charge < -0.3 is 34.9 Å². The first-order valence-corrected chi connectivity index (χ1v) is 21.0. The quantitative estimate of drug-likeness (QED) is 0.133. The summed E-state index contributed by atoms with van der Waals surface area (Å²) in [6.07, 6.45) is 6.85. The van der Waals surface area contributed by atoms with Gasteiger partial charge in [-0.25, -0.2) is 9.97 Å². The number of benzene rings is 1. The maximum atomic E-state index is 14.2. The van der Waals surface area contributed by atoms with E-state index in [0.29, 0.717) is 25.9 Å². The van der Waals surface area contributed by atoms with Crippen LogP contribution in [0.15, 0.2) is 54.3 Å². The van der Waals surface area contributed by atoms with Crippen LogP contribution in [0.25, 0.3) is 0 Å². The molecule has 0 aliphatic carbocycles. The molecule has 0 radical (unpaired) electrons. The van der Waals surface area contributed by atoms with Gasteiger partial charge in [-0.1, -0.05) is 71.4 Å². The van der Waals surface area contributed by atoms with E-state index in [2.05, 4.69) is 25.6 Å². The lowest BCUT2D eigenvalue weighted by Gasteiger charge is -2.39. The Bertz CT molecular complexity index is 1680. The summed E-state index contributed by atoms with van der Waals surface area (Å²) in [7, 11) is 6.73. The largest absolute Gasteiger partial charge is 0.379 e. The minimum Gasteiger partial charge on any atom is -0.379 e. The van der Waals surface area contributed by atoms with E-state index in [0.717, 1.165) is 29.2 Å². The van der Waals surface area contributed by atoms with Crippen molar-refractivity contribution >= 4 is 35.0 Å². The molecule has 4 rings (SSSR count). The predicted octanol–water partition coefficient (Wildman–Crippen LogP) is 4.46. The molecule has 1 aliphatic heterocycles. The van der Waals surface area contributed by atoms with Gasteiger partial charge in [-0.05, 0) is 43.7 Å². The number of imidazole rings is 1. The third-order valence-electron chi connectivity index (χ3n) is 11.4. The van der Waals surface area contributed by atoms with Gasteiger partial charge in [0.25, 0.3) is 0 Å². The van der Waals surface area contributed by atoms with Gasteiger partial charge in [0.2, 0.25) is 23.6 Å². The molecule has 314 valence electrons. The number of H-pyrrole nitrogens is 1. The number of thiazole rings is 1. The average molecular weight is 809 g/mol. The molecule has 1 aliphatic rings. The van der Waals surface area contributed by atoms with Crippen LogP contribution >= 0.6 is 11.3 Å². The van der Waals surface area contributed by atoms with Crippen LogP contribution in [0.3, 0.4) is 0 Å². The van der Waals surface area contributed by atoms with Crippen LogP contribution in [0.4, 0.5) is 0 Å². The van der Waals surface area contributed by atoms with E-state index in [-0.39, 0.29) is 60.5 Å². The van der Waals surface area contributed by atoms with Crippen LogP contribution in [0, 0.1) is 17.8 Å². The number of likely N-dealkylation sites (tertiary alicyclic amines) is 1. The summed E-state index contributed by atoms with van der Waals surface area (Å²) >= 11 is 1.50. The number of hydrogen-bond donors (Lipinski definition) is 3. The first-order chi connectivity index (χ1) is 27.3. The van der Waals surface area contributed by atoms with E-state index in [9.17, 15) is 19.2 Å². The number of aromatic nitrogens is 3. The van der Waals surface area contributed by atoms with Crippen molar-refractivity contribution in [3.63, 3.8) is 0 Å². The zero-order valence-electron chi connectivity index (χ0n) is 35.1. The summed E-state index contributed by atoms with van der Waals surface area (Å²) < 4.78 is 12.0. The van der Waals surface area contributed by atoms with E-state index in [1.54, 1.807) is 44.8 Å². The van der Waals surface area contributed by atoms with Gasteiger partial charge in [0.1, 0.15) is 10.8 Å². The van der Waals surface area contributed by atoms with Crippen LogP contribution < -0.4 is 10.6 Å². The summed E-state index contributed by atoms with van der Waals surface area (Å²) in [6.45, 7) is 10.7. The van der Waals surface area contributed by atoms with Crippen molar-refractivity contribution in [2.75, 3.05) is 41.4 Å². The van der Waals surface area contributed by atoms with Crippen LogP contribution in [0.1, 0.15) is 82.7 Å². The van der Waals surface area contributed by atoms with Crippen molar-refractivity contribution in [3.8, 4) is 0 Å². The summed E-state index contributed by atoms with van der Waals surface area (Å²) in [5.41, 5.74) is 1.09. The lowest BCUT2D eigenvalue weighted by Crippen LogP contribution is -2.55. The predicted molar refractivity (Wildman–Crippen MR) is 221 cm³/mol. The van der Waals surface area contributed by atoms with Gasteiger partial charge in [-0.3, -0.25) is 24.1 Å². The second-order valence-corrected chi connectivity index (χ2v) is 16.5. The highest BCUT2D eigenvalue weighted by molar-refractivity contribution is 7.09. The monoisotopic (exact) mass is 808 g/mol. The van der Waals surface area contributed by atoms with Crippen LogP contribution in [0.2, 0.25) is 0 Å². The Balaban J connectivity index is 1.41. The van der Waals surface area contributed by atoms with Gasteiger partial charge in [-0.2, -0.15) is 0 Å². The molecule has 0 bridgehead atoms. The lowest BCUT2D eigenvalue weighted by atomic mass is 9.90. The zero-order valence-corrected chi connectivity index (χ0v) is 36.0. The summed E-state index contributed by atoms with van der Waals surface area (Å²) in [5, 5.41) is 8.82. The summed E-state index contributed by atoms with van der Waals surface area (Å²) in [4.78, 5) is 72.5. The topological polar surface area (TPSA) is 162 Å². The number of carbonyl (C=O) groups is 4. The molecule has 57 heavy (non-hydrogen) atoms. The normalized spacial score (nSPS) is 18.1. The van der Waals surface area contributed by atoms with E-state index in [4.69, 9.17) is 9.47 Å². The minimum absolute atomic E-state index is 0.0123. The van der Waals surface area contributed by atoms with Crippen molar-refractivity contribution in [1.29, 1.82) is 0 Å². The van der Waals surface area contributed by atoms with Crippen molar-refractivity contribution in [2.45, 2.75) is 110 Å². The number of nitrogens with zero attached hydrogens (tertiary/aromatic N) is 5. The van der Waals surface area contributed by atoms with Gasteiger partial charge in [0.15, 0.2) is 0 Å². The number of likely N-dealkylation sites (N-methyl/N-ethyl adjacent to an activating group) is 2. The second-order valence-electron chi connectivity index (χ2n) is 15.6. The van der Waals surface area contributed by atoms with Crippen molar-refractivity contribution in [2.24, 2.45) is 17.8 Å². The lowest BCUT2D eigenvalue weighted by molar-refractivity contribution is -0.146. The molecule has 0 spiro atoms. The Kier molecular flexibility index (Phi) is 17.6. The van der Waals surface area contributed by atoms with E-state index < -0.39 is 30.2 Å².